The zero-order valence-corrected chi connectivity index (χ0v) is 15.1. The molecule has 1 aliphatic heterocycles. The van der Waals surface area contributed by atoms with E-state index in [-0.39, 0.29) is 28.4 Å². The molecule has 4 rings (SSSR count). The molecule has 1 unspecified atom stereocenters. The Kier molecular flexibility index (Phi) is 3.51. The van der Waals surface area contributed by atoms with Crippen LogP contribution in [0.15, 0.2) is 45.6 Å². The van der Waals surface area contributed by atoms with Gasteiger partial charge in [-0.2, -0.15) is 0 Å². The monoisotopic (exact) mass is 352 g/mol. The number of ether oxygens (including phenoxy) is 2. The van der Waals surface area contributed by atoms with Crippen molar-refractivity contribution in [2.45, 2.75) is 32.3 Å². The molecule has 0 radical (unpaired) electrons. The maximum absolute atomic E-state index is 12.8. The van der Waals surface area contributed by atoms with Gasteiger partial charge in [0.1, 0.15) is 22.8 Å². The number of rotatable bonds is 2. The Morgan fingerprint density at radius 1 is 1.19 bits per heavy atom. The van der Waals surface area contributed by atoms with E-state index in [2.05, 4.69) is 0 Å². The quantitative estimate of drug-likeness (QED) is 0.747. The van der Waals surface area contributed by atoms with Gasteiger partial charge in [-0.15, -0.1) is 0 Å². The molecule has 3 aromatic rings. The molecular weight excluding hydrogens is 332 g/mol. The van der Waals surface area contributed by atoms with E-state index in [1.165, 1.54) is 13.2 Å². The third-order valence-corrected chi connectivity index (χ3v) is 5.28. The van der Waals surface area contributed by atoms with Crippen molar-refractivity contribution in [1.29, 1.82) is 0 Å². The summed E-state index contributed by atoms with van der Waals surface area (Å²) in [6.07, 6.45) is -0.165. The van der Waals surface area contributed by atoms with E-state index >= 15 is 0 Å². The first-order valence-corrected chi connectivity index (χ1v) is 8.49. The van der Waals surface area contributed by atoms with Crippen molar-refractivity contribution in [2.75, 3.05) is 7.11 Å². The molecule has 0 aliphatic carbocycles. The predicted octanol–water partition coefficient (Wildman–Crippen LogP) is 4.23. The van der Waals surface area contributed by atoms with Gasteiger partial charge in [-0.25, -0.2) is 0 Å². The van der Waals surface area contributed by atoms with E-state index in [4.69, 9.17) is 13.9 Å². The minimum Gasteiger partial charge on any atom is -0.504 e. The molecule has 134 valence electrons. The Labute approximate surface area is 150 Å². The molecule has 0 saturated carbocycles. The van der Waals surface area contributed by atoms with Crippen molar-refractivity contribution < 1.29 is 19.0 Å². The summed E-state index contributed by atoms with van der Waals surface area (Å²) >= 11 is 0. The largest absolute Gasteiger partial charge is 0.504 e. The maximum Gasteiger partial charge on any atom is 0.204 e. The highest BCUT2D eigenvalue weighted by molar-refractivity contribution is 5.94. The van der Waals surface area contributed by atoms with E-state index < -0.39 is 5.41 Å². The third-order valence-electron chi connectivity index (χ3n) is 5.28. The molecule has 0 spiro atoms. The molecule has 2 heterocycles. The highest BCUT2D eigenvalue weighted by Crippen LogP contribution is 2.55. The second-order valence-corrected chi connectivity index (χ2v) is 7.11. The van der Waals surface area contributed by atoms with Crippen LogP contribution >= 0.6 is 0 Å². The van der Waals surface area contributed by atoms with Gasteiger partial charge >= 0.3 is 0 Å². The molecule has 2 aromatic carbocycles. The number of benzene rings is 2. The molecule has 1 aromatic heterocycles. The van der Waals surface area contributed by atoms with Crippen LogP contribution in [0, 0.1) is 0 Å². The van der Waals surface area contributed by atoms with Crippen molar-refractivity contribution >= 4 is 11.0 Å². The highest BCUT2D eigenvalue weighted by atomic mass is 16.5. The number of fused-ring (bicyclic) bond motifs is 3. The fourth-order valence-corrected chi connectivity index (χ4v) is 3.49. The molecule has 5 heteroatoms. The van der Waals surface area contributed by atoms with Gasteiger partial charge in [-0.05, 0) is 6.92 Å². The number of methoxy groups -OCH3 is 1. The van der Waals surface area contributed by atoms with Crippen molar-refractivity contribution in [2.24, 2.45) is 0 Å². The Morgan fingerprint density at radius 3 is 2.54 bits per heavy atom. The smallest absolute Gasteiger partial charge is 0.204 e. The predicted molar refractivity (Wildman–Crippen MR) is 99.3 cm³/mol. The summed E-state index contributed by atoms with van der Waals surface area (Å²) in [5.41, 5.74) is 1.14. The Bertz CT molecular complexity index is 1060. The van der Waals surface area contributed by atoms with Crippen LogP contribution in [0.3, 0.4) is 0 Å². The minimum absolute atomic E-state index is 0.117. The van der Waals surface area contributed by atoms with E-state index in [1.54, 1.807) is 0 Å². The lowest BCUT2D eigenvalue weighted by Crippen LogP contribution is -2.29. The van der Waals surface area contributed by atoms with Gasteiger partial charge in [0, 0.05) is 17.0 Å². The Hall–Kier alpha value is -2.95. The average molecular weight is 352 g/mol. The average Bonchev–Trinajstić information content (AvgIpc) is 2.85. The molecule has 5 nitrogen and oxygen atoms in total. The molecule has 1 aliphatic rings. The van der Waals surface area contributed by atoms with Crippen molar-refractivity contribution in [3.8, 4) is 28.6 Å². The number of phenols is 1. The van der Waals surface area contributed by atoms with Gasteiger partial charge in [0.25, 0.3) is 0 Å². The summed E-state index contributed by atoms with van der Waals surface area (Å²) in [4.78, 5) is 12.8. The van der Waals surface area contributed by atoms with Gasteiger partial charge in [0.05, 0.1) is 12.7 Å². The first kappa shape index (κ1) is 16.5. The van der Waals surface area contributed by atoms with Crippen LogP contribution in [0.2, 0.25) is 0 Å². The standard InChI is InChI=1S/C21H20O5/c1-11-21(2,3)16-18-15(17(23)20(24-4)19(16)25-11)13(22)10-14(26-18)12-8-6-5-7-9-12/h5-11,23H,1-4H3. The lowest BCUT2D eigenvalue weighted by atomic mass is 9.80. The van der Waals surface area contributed by atoms with Crippen LogP contribution in [0.4, 0.5) is 0 Å². The van der Waals surface area contributed by atoms with E-state index in [0.29, 0.717) is 17.1 Å². The first-order valence-electron chi connectivity index (χ1n) is 8.49. The highest BCUT2D eigenvalue weighted by Gasteiger charge is 2.45. The minimum atomic E-state index is -0.417. The van der Waals surface area contributed by atoms with Gasteiger partial charge in [0.15, 0.2) is 16.9 Å². The van der Waals surface area contributed by atoms with Gasteiger partial charge < -0.3 is 19.0 Å². The van der Waals surface area contributed by atoms with E-state index in [9.17, 15) is 9.90 Å². The van der Waals surface area contributed by atoms with E-state index in [1.807, 2.05) is 51.1 Å². The number of hydrogen-bond acceptors (Lipinski definition) is 5. The van der Waals surface area contributed by atoms with Crippen LogP contribution in [-0.2, 0) is 5.41 Å². The SMILES string of the molecule is COc1c2c(c3oc(-c4ccccc4)cc(=O)c3c1O)C(C)(C)C(C)O2. The molecule has 1 N–H and O–H groups in total. The number of aromatic hydroxyl groups is 1. The summed E-state index contributed by atoms with van der Waals surface area (Å²) in [7, 11) is 1.44. The van der Waals surface area contributed by atoms with E-state index in [0.717, 1.165) is 11.1 Å². The molecule has 0 bridgehead atoms. The lowest BCUT2D eigenvalue weighted by Gasteiger charge is -2.22. The topological polar surface area (TPSA) is 68.9 Å². The molecule has 1 atom stereocenters. The van der Waals surface area contributed by atoms with Gasteiger partial charge in [-0.3, -0.25) is 4.79 Å². The Morgan fingerprint density at radius 2 is 1.88 bits per heavy atom. The van der Waals surface area contributed by atoms with Crippen molar-refractivity contribution in [3.05, 3.63) is 52.2 Å². The van der Waals surface area contributed by atoms with Gasteiger partial charge in [-0.1, -0.05) is 44.2 Å². The Balaban J connectivity index is 2.16. The summed E-state index contributed by atoms with van der Waals surface area (Å²) in [5, 5.41) is 10.8. The fourth-order valence-electron chi connectivity index (χ4n) is 3.49. The normalized spacial score (nSPS) is 17.8. The molecular formula is C21H20O5. The van der Waals surface area contributed by atoms with Crippen molar-refractivity contribution in [1.82, 2.24) is 0 Å². The summed E-state index contributed by atoms with van der Waals surface area (Å²) in [6, 6.07) is 10.8. The van der Waals surface area contributed by atoms with Crippen LogP contribution in [0.25, 0.3) is 22.3 Å². The zero-order chi connectivity index (χ0) is 18.6. The second kappa shape index (κ2) is 5.53. The van der Waals surface area contributed by atoms with Crippen LogP contribution < -0.4 is 14.9 Å². The fraction of sp³-hybridized carbons (Fsp3) is 0.286. The van der Waals surface area contributed by atoms with Crippen LogP contribution in [0.1, 0.15) is 26.3 Å². The molecule has 0 saturated heterocycles. The van der Waals surface area contributed by atoms with Crippen LogP contribution in [-0.4, -0.2) is 18.3 Å². The summed E-state index contributed by atoms with van der Waals surface area (Å²) < 4.78 is 17.5. The van der Waals surface area contributed by atoms with Crippen LogP contribution in [0.5, 0.6) is 17.2 Å². The zero-order valence-electron chi connectivity index (χ0n) is 15.1. The molecule has 26 heavy (non-hydrogen) atoms. The molecule has 0 amide bonds. The maximum atomic E-state index is 12.8. The number of hydrogen-bond donors (Lipinski definition) is 1. The molecule has 0 fully saturated rings. The third kappa shape index (κ3) is 2.13. The lowest BCUT2D eigenvalue weighted by molar-refractivity contribution is 0.180. The summed E-state index contributed by atoms with van der Waals surface area (Å²) in [6.45, 7) is 5.99. The second-order valence-electron chi connectivity index (χ2n) is 7.11. The van der Waals surface area contributed by atoms with Gasteiger partial charge in [0.2, 0.25) is 5.75 Å². The number of phenolic OH excluding ortho intramolecular Hbond substituents is 1. The van der Waals surface area contributed by atoms with Crippen molar-refractivity contribution in [3.63, 3.8) is 0 Å². The first-order chi connectivity index (χ1) is 12.4. The summed E-state index contributed by atoms with van der Waals surface area (Å²) in [5.74, 6) is 0.803.